The van der Waals surface area contributed by atoms with E-state index < -0.39 is 15.7 Å². The van der Waals surface area contributed by atoms with Crippen molar-refractivity contribution >= 4 is 15.5 Å². The van der Waals surface area contributed by atoms with Crippen LogP contribution < -0.4 is 5.73 Å². The first-order chi connectivity index (χ1) is 8.99. The molecule has 5 heteroatoms. The van der Waals surface area contributed by atoms with Gasteiger partial charge in [0.1, 0.15) is 10.7 Å². The number of nitrogens with two attached hydrogens (primary N) is 1. The van der Waals surface area contributed by atoms with Gasteiger partial charge in [0, 0.05) is 5.69 Å². The van der Waals surface area contributed by atoms with E-state index in [4.69, 9.17) is 5.73 Å². The highest BCUT2D eigenvalue weighted by Crippen LogP contribution is 2.19. The van der Waals surface area contributed by atoms with Crippen molar-refractivity contribution in [3.05, 3.63) is 59.9 Å². The van der Waals surface area contributed by atoms with Crippen molar-refractivity contribution < 1.29 is 12.8 Å². The van der Waals surface area contributed by atoms with Gasteiger partial charge in [-0.15, -0.1) is 0 Å². The minimum absolute atomic E-state index is 0.127. The fourth-order valence-corrected chi connectivity index (χ4v) is 3.13. The third-order valence-corrected chi connectivity index (χ3v) is 4.54. The van der Waals surface area contributed by atoms with Crippen LogP contribution in [0.4, 0.5) is 10.1 Å². The Morgan fingerprint density at radius 1 is 1.05 bits per heavy atom. The van der Waals surface area contributed by atoms with E-state index in [1.807, 2.05) is 30.3 Å². The quantitative estimate of drug-likeness (QED) is 0.874. The molecule has 0 atom stereocenters. The lowest BCUT2D eigenvalue weighted by atomic mass is 10.2. The van der Waals surface area contributed by atoms with Crippen LogP contribution in [0.25, 0.3) is 0 Å². The van der Waals surface area contributed by atoms with E-state index in [1.165, 1.54) is 12.1 Å². The number of anilines is 1. The summed E-state index contributed by atoms with van der Waals surface area (Å²) in [4.78, 5) is -0.294. The molecule has 0 bridgehead atoms. The Kier molecular flexibility index (Phi) is 3.85. The standard InChI is InChI=1S/C14H14FNO2S/c15-13-10-12(16)6-7-14(13)19(17,18)9-8-11-4-2-1-3-5-11/h1-7,10H,8-9,16H2. The number of hydrogen-bond donors (Lipinski definition) is 1. The van der Waals surface area contributed by atoms with E-state index in [9.17, 15) is 12.8 Å². The topological polar surface area (TPSA) is 60.2 Å². The second-order valence-corrected chi connectivity index (χ2v) is 6.32. The smallest absolute Gasteiger partial charge is 0.181 e. The van der Waals surface area contributed by atoms with Crippen molar-refractivity contribution in [3.63, 3.8) is 0 Å². The molecule has 0 aliphatic carbocycles. The third-order valence-electron chi connectivity index (χ3n) is 2.79. The molecular weight excluding hydrogens is 265 g/mol. The lowest BCUT2D eigenvalue weighted by Gasteiger charge is -2.06. The van der Waals surface area contributed by atoms with Gasteiger partial charge in [-0.05, 0) is 30.2 Å². The number of sulfone groups is 1. The van der Waals surface area contributed by atoms with Gasteiger partial charge in [0.05, 0.1) is 5.75 Å². The number of rotatable bonds is 4. The van der Waals surface area contributed by atoms with Gasteiger partial charge < -0.3 is 5.73 Å². The SMILES string of the molecule is Nc1ccc(S(=O)(=O)CCc2ccccc2)c(F)c1. The van der Waals surface area contributed by atoms with E-state index in [0.29, 0.717) is 6.42 Å². The molecule has 0 spiro atoms. The van der Waals surface area contributed by atoms with Gasteiger partial charge in [-0.1, -0.05) is 30.3 Å². The molecule has 0 saturated carbocycles. The number of aryl methyl sites for hydroxylation is 1. The summed E-state index contributed by atoms with van der Waals surface area (Å²) in [5.41, 5.74) is 6.51. The number of hydrogen-bond acceptors (Lipinski definition) is 3. The van der Waals surface area contributed by atoms with Crippen LogP contribution in [0.15, 0.2) is 53.4 Å². The van der Waals surface area contributed by atoms with E-state index >= 15 is 0 Å². The Morgan fingerprint density at radius 3 is 2.37 bits per heavy atom. The Morgan fingerprint density at radius 2 is 1.74 bits per heavy atom. The lowest BCUT2D eigenvalue weighted by Crippen LogP contribution is -2.11. The summed E-state index contributed by atoms with van der Waals surface area (Å²) in [6.45, 7) is 0. The molecule has 0 aromatic heterocycles. The van der Waals surface area contributed by atoms with Crippen molar-refractivity contribution in [2.24, 2.45) is 0 Å². The second kappa shape index (κ2) is 5.40. The van der Waals surface area contributed by atoms with Gasteiger partial charge in [-0.25, -0.2) is 12.8 Å². The van der Waals surface area contributed by atoms with E-state index in [2.05, 4.69) is 0 Å². The van der Waals surface area contributed by atoms with E-state index in [0.717, 1.165) is 11.6 Å². The predicted molar refractivity (Wildman–Crippen MR) is 73.0 cm³/mol. The summed E-state index contributed by atoms with van der Waals surface area (Å²) >= 11 is 0. The molecule has 0 aliphatic rings. The molecule has 100 valence electrons. The average molecular weight is 279 g/mol. The molecule has 0 heterocycles. The molecule has 2 aromatic rings. The van der Waals surface area contributed by atoms with Crippen LogP contribution in [0.5, 0.6) is 0 Å². The van der Waals surface area contributed by atoms with Crippen molar-refractivity contribution in [2.45, 2.75) is 11.3 Å². The van der Waals surface area contributed by atoms with Crippen LogP contribution in [-0.2, 0) is 16.3 Å². The zero-order valence-corrected chi connectivity index (χ0v) is 11.0. The summed E-state index contributed by atoms with van der Waals surface area (Å²) in [5, 5.41) is 0. The molecule has 0 unspecified atom stereocenters. The van der Waals surface area contributed by atoms with Crippen molar-refractivity contribution in [1.82, 2.24) is 0 Å². The van der Waals surface area contributed by atoms with Crippen LogP contribution >= 0.6 is 0 Å². The molecule has 0 amide bonds. The van der Waals surface area contributed by atoms with Gasteiger partial charge in [0.25, 0.3) is 0 Å². The molecule has 0 radical (unpaired) electrons. The van der Waals surface area contributed by atoms with Gasteiger partial charge in [-0.2, -0.15) is 0 Å². The van der Waals surface area contributed by atoms with E-state index in [-0.39, 0.29) is 16.3 Å². The van der Waals surface area contributed by atoms with Crippen LogP contribution in [0, 0.1) is 5.82 Å². The molecule has 0 aliphatic heterocycles. The first-order valence-electron chi connectivity index (χ1n) is 5.81. The highest BCUT2D eigenvalue weighted by molar-refractivity contribution is 7.91. The molecule has 3 nitrogen and oxygen atoms in total. The highest BCUT2D eigenvalue weighted by Gasteiger charge is 2.19. The molecule has 19 heavy (non-hydrogen) atoms. The third kappa shape index (κ3) is 3.32. The molecule has 2 aromatic carbocycles. The monoisotopic (exact) mass is 279 g/mol. The maximum Gasteiger partial charge on any atom is 0.181 e. The van der Waals surface area contributed by atoms with Crippen molar-refractivity contribution in [2.75, 3.05) is 11.5 Å². The maximum atomic E-state index is 13.6. The normalized spacial score (nSPS) is 11.4. The highest BCUT2D eigenvalue weighted by atomic mass is 32.2. The molecular formula is C14H14FNO2S. The Bertz CT molecular complexity index is 669. The molecule has 0 saturated heterocycles. The number of halogens is 1. The van der Waals surface area contributed by atoms with Crippen LogP contribution in [0.2, 0.25) is 0 Å². The summed E-state index contributed by atoms with van der Waals surface area (Å²) in [7, 11) is -3.64. The first kappa shape index (κ1) is 13.5. The van der Waals surface area contributed by atoms with E-state index in [1.54, 1.807) is 0 Å². The minimum atomic E-state index is -3.64. The first-order valence-corrected chi connectivity index (χ1v) is 7.46. The summed E-state index contributed by atoms with van der Waals surface area (Å²) in [6, 6.07) is 12.8. The Labute approximate surface area is 111 Å². The maximum absolute atomic E-state index is 13.6. The number of benzene rings is 2. The van der Waals surface area contributed by atoms with Crippen molar-refractivity contribution in [1.29, 1.82) is 0 Å². The summed E-state index contributed by atoms with van der Waals surface area (Å²) in [6.07, 6.45) is 0.354. The van der Waals surface area contributed by atoms with Gasteiger partial charge in [0.15, 0.2) is 9.84 Å². The number of nitrogen functional groups attached to an aromatic ring is 1. The minimum Gasteiger partial charge on any atom is -0.399 e. The van der Waals surface area contributed by atoms with Crippen LogP contribution in [-0.4, -0.2) is 14.2 Å². The predicted octanol–water partition coefficient (Wildman–Crippen LogP) is 2.42. The van der Waals surface area contributed by atoms with Gasteiger partial charge >= 0.3 is 0 Å². The summed E-state index contributed by atoms with van der Waals surface area (Å²) < 4.78 is 37.7. The zero-order valence-electron chi connectivity index (χ0n) is 10.2. The Hall–Kier alpha value is -1.88. The second-order valence-electron chi connectivity index (χ2n) is 4.24. The van der Waals surface area contributed by atoms with Crippen molar-refractivity contribution in [3.8, 4) is 0 Å². The summed E-state index contributed by atoms with van der Waals surface area (Å²) in [5.74, 6) is -0.925. The molecule has 2 N–H and O–H groups in total. The lowest BCUT2D eigenvalue weighted by molar-refractivity contribution is 0.567. The average Bonchev–Trinajstić information content (AvgIpc) is 2.37. The molecule has 0 fully saturated rings. The fraction of sp³-hybridized carbons (Fsp3) is 0.143. The van der Waals surface area contributed by atoms with Crippen LogP contribution in [0.1, 0.15) is 5.56 Å². The van der Waals surface area contributed by atoms with Gasteiger partial charge in [0.2, 0.25) is 0 Å². The zero-order chi connectivity index (χ0) is 13.9. The Balaban J connectivity index is 2.19. The largest absolute Gasteiger partial charge is 0.399 e. The van der Waals surface area contributed by atoms with Crippen LogP contribution in [0.3, 0.4) is 0 Å². The van der Waals surface area contributed by atoms with Gasteiger partial charge in [-0.3, -0.25) is 0 Å². The molecule has 2 rings (SSSR count). The fourth-order valence-electron chi connectivity index (χ4n) is 1.78.